The smallest absolute Gasteiger partial charge is 0.261 e. The molecule has 2 aliphatic rings. The van der Waals surface area contributed by atoms with Gasteiger partial charge in [0.25, 0.3) is 11.8 Å². The Balaban J connectivity index is 1.50. The zero-order valence-corrected chi connectivity index (χ0v) is 15.1. The molecule has 8 heteroatoms. The van der Waals surface area contributed by atoms with Crippen molar-refractivity contribution in [2.24, 2.45) is 0 Å². The molecule has 0 fully saturated rings. The molecule has 0 atom stereocenters. The molecule has 0 unspecified atom stereocenters. The van der Waals surface area contributed by atoms with Gasteiger partial charge in [-0.3, -0.25) is 19.3 Å². The summed E-state index contributed by atoms with van der Waals surface area (Å²) in [6.07, 6.45) is 0.0697. The first-order valence-electron chi connectivity index (χ1n) is 8.28. The summed E-state index contributed by atoms with van der Waals surface area (Å²) in [5, 5.41) is 3.12. The highest BCUT2D eigenvalue weighted by Gasteiger charge is 2.32. The van der Waals surface area contributed by atoms with Crippen molar-refractivity contribution in [2.75, 3.05) is 25.6 Å². The zero-order valence-electron chi connectivity index (χ0n) is 14.4. The number of rotatable bonds is 3. The van der Waals surface area contributed by atoms with Crippen molar-refractivity contribution >= 4 is 35.0 Å². The molecule has 0 bridgehead atoms. The number of amides is 3. The van der Waals surface area contributed by atoms with Crippen LogP contribution >= 0.6 is 11.6 Å². The van der Waals surface area contributed by atoms with Crippen LogP contribution in [-0.2, 0) is 11.2 Å². The number of carbonyl (C=O) groups is 3. The van der Waals surface area contributed by atoms with Gasteiger partial charge in [-0.05, 0) is 35.9 Å². The molecule has 0 radical (unpaired) electrons. The molecule has 0 saturated carbocycles. The monoisotopic (exact) mass is 386 g/mol. The van der Waals surface area contributed by atoms with Crippen molar-refractivity contribution in [3.05, 3.63) is 52.0 Å². The van der Waals surface area contributed by atoms with E-state index in [0.29, 0.717) is 46.5 Å². The standard InChI is InChI=1S/C19H15ClN2O5/c1-22-18(24)12-3-2-11(9-13(12)19(22)25)21-16(23)8-10-6-14(20)17-15(7-10)26-4-5-27-17/h2-3,6-7,9H,4-5,8H2,1H3,(H,21,23). The summed E-state index contributed by atoms with van der Waals surface area (Å²) >= 11 is 6.19. The minimum atomic E-state index is -0.385. The molecule has 0 aliphatic carbocycles. The van der Waals surface area contributed by atoms with Crippen molar-refractivity contribution in [3.8, 4) is 11.5 Å². The first-order valence-corrected chi connectivity index (χ1v) is 8.66. The predicted molar refractivity (Wildman–Crippen MR) is 97.6 cm³/mol. The van der Waals surface area contributed by atoms with Gasteiger partial charge in [0.05, 0.1) is 22.6 Å². The fourth-order valence-electron chi connectivity index (χ4n) is 3.10. The van der Waals surface area contributed by atoms with Gasteiger partial charge >= 0.3 is 0 Å². The highest BCUT2D eigenvalue weighted by Crippen LogP contribution is 2.38. The molecule has 3 amide bonds. The van der Waals surface area contributed by atoms with Gasteiger partial charge in [0.1, 0.15) is 13.2 Å². The predicted octanol–water partition coefficient (Wildman–Crippen LogP) is 2.52. The van der Waals surface area contributed by atoms with Crippen LogP contribution in [0.5, 0.6) is 11.5 Å². The van der Waals surface area contributed by atoms with Crippen molar-refractivity contribution in [1.82, 2.24) is 4.90 Å². The third-order valence-corrected chi connectivity index (χ3v) is 4.68. The van der Waals surface area contributed by atoms with Gasteiger partial charge in [0, 0.05) is 12.7 Å². The fourth-order valence-corrected chi connectivity index (χ4v) is 3.38. The molecule has 2 heterocycles. The summed E-state index contributed by atoms with van der Waals surface area (Å²) in [5.41, 5.74) is 1.73. The van der Waals surface area contributed by atoms with E-state index in [1.807, 2.05) is 0 Å². The van der Waals surface area contributed by atoms with Gasteiger partial charge in [0.15, 0.2) is 11.5 Å². The molecule has 4 rings (SSSR count). The number of hydrogen-bond acceptors (Lipinski definition) is 5. The van der Waals surface area contributed by atoms with Crippen LogP contribution in [0.3, 0.4) is 0 Å². The molecular formula is C19H15ClN2O5. The Labute approximate surface area is 159 Å². The highest BCUT2D eigenvalue weighted by molar-refractivity contribution is 6.32. The van der Waals surface area contributed by atoms with Crippen molar-refractivity contribution in [3.63, 3.8) is 0 Å². The van der Waals surface area contributed by atoms with E-state index in [0.717, 1.165) is 4.90 Å². The van der Waals surface area contributed by atoms with Gasteiger partial charge in [-0.1, -0.05) is 11.6 Å². The van der Waals surface area contributed by atoms with E-state index in [9.17, 15) is 14.4 Å². The minimum absolute atomic E-state index is 0.0697. The number of nitrogens with one attached hydrogen (secondary N) is 1. The summed E-state index contributed by atoms with van der Waals surface area (Å²) in [4.78, 5) is 37.4. The van der Waals surface area contributed by atoms with Crippen LogP contribution in [-0.4, -0.2) is 42.9 Å². The largest absolute Gasteiger partial charge is 0.486 e. The maximum atomic E-state index is 12.4. The molecule has 7 nitrogen and oxygen atoms in total. The molecule has 0 aromatic heterocycles. The van der Waals surface area contributed by atoms with E-state index < -0.39 is 0 Å². The lowest BCUT2D eigenvalue weighted by Crippen LogP contribution is -2.24. The number of anilines is 1. The van der Waals surface area contributed by atoms with E-state index in [1.54, 1.807) is 18.2 Å². The second kappa shape index (κ2) is 6.59. The van der Waals surface area contributed by atoms with Gasteiger partial charge in [-0.25, -0.2) is 0 Å². The Bertz CT molecular complexity index is 988. The van der Waals surface area contributed by atoms with Gasteiger partial charge < -0.3 is 14.8 Å². The summed E-state index contributed by atoms with van der Waals surface area (Å²) in [7, 11) is 1.43. The SMILES string of the molecule is CN1C(=O)c2ccc(NC(=O)Cc3cc(Cl)c4c(c3)OCCO4)cc2C1=O. The van der Waals surface area contributed by atoms with E-state index in [2.05, 4.69) is 5.32 Å². The second-order valence-corrected chi connectivity index (χ2v) is 6.66. The van der Waals surface area contributed by atoms with Crippen LogP contribution in [0.2, 0.25) is 5.02 Å². The van der Waals surface area contributed by atoms with E-state index in [4.69, 9.17) is 21.1 Å². The number of ether oxygens (including phenoxy) is 2. The van der Waals surface area contributed by atoms with Crippen LogP contribution in [0.4, 0.5) is 5.69 Å². The number of nitrogens with zero attached hydrogens (tertiary/aromatic N) is 1. The quantitative estimate of drug-likeness (QED) is 0.819. The third-order valence-electron chi connectivity index (χ3n) is 4.39. The highest BCUT2D eigenvalue weighted by atomic mass is 35.5. The molecule has 2 aliphatic heterocycles. The Morgan fingerprint density at radius 3 is 2.67 bits per heavy atom. The first-order chi connectivity index (χ1) is 12.9. The van der Waals surface area contributed by atoms with Gasteiger partial charge in [0.2, 0.25) is 5.91 Å². The number of hydrogen-bond donors (Lipinski definition) is 1. The Morgan fingerprint density at radius 1 is 1.11 bits per heavy atom. The van der Waals surface area contributed by atoms with Crippen LogP contribution in [0.1, 0.15) is 26.3 Å². The number of carbonyl (C=O) groups excluding carboxylic acids is 3. The van der Waals surface area contributed by atoms with Crippen molar-refractivity contribution in [1.29, 1.82) is 0 Å². The maximum absolute atomic E-state index is 12.4. The van der Waals surface area contributed by atoms with Crippen LogP contribution in [0.15, 0.2) is 30.3 Å². The van der Waals surface area contributed by atoms with E-state index >= 15 is 0 Å². The fraction of sp³-hybridized carbons (Fsp3) is 0.211. The number of imide groups is 1. The van der Waals surface area contributed by atoms with Crippen LogP contribution < -0.4 is 14.8 Å². The molecule has 2 aromatic rings. The molecular weight excluding hydrogens is 372 g/mol. The lowest BCUT2D eigenvalue weighted by atomic mass is 10.1. The average Bonchev–Trinajstić information content (AvgIpc) is 2.86. The number of benzene rings is 2. The van der Waals surface area contributed by atoms with Gasteiger partial charge in [-0.15, -0.1) is 0 Å². The third kappa shape index (κ3) is 3.10. The zero-order chi connectivity index (χ0) is 19.1. The number of halogens is 1. The summed E-state index contributed by atoms with van der Waals surface area (Å²) in [6, 6.07) is 8.02. The van der Waals surface area contributed by atoms with Gasteiger partial charge in [-0.2, -0.15) is 0 Å². The first kappa shape index (κ1) is 17.4. The normalized spacial score (nSPS) is 15.0. The summed E-state index contributed by atoms with van der Waals surface area (Å²) in [6.45, 7) is 0.858. The number of fused-ring (bicyclic) bond motifs is 2. The van der Waals surface area contributed by atoms with Crippen molar-refractivity contribution < 1.29 is 23.9 Å². The lowest BCUT2D eigenvalue weighted by molar-refractivity contribution is -0.115. The molecule has 1 N–H and O–H groups in total. The van der Waals surface area contributed by atoms with E-state index in [-0.39, 0.29) is 29.7 Å². The molecule has 0 saturated heterocycles. The minimum Gasteiger partial charge on any atom is -0.486 e. The van der Waals surface area contributed by atoms with Crippen LogP contribution in [0.25, 0.3) is 0 Å². The Kier molecular flexibility index (Phi) is 4.24. The van der Waals surface area contributed by atoms with Crippen molar-refractivity contribution in [2.45, 2.75) is 6.42 Å². The average molecular weight is 387 g/mol. The molecule has 2 aromatic carbocycles. The Hall–Kier alpha value is -3.06. The molecule has 138 valence electrons. The lowest BCUT2D eigenvalue weighted by Gasteiger charge is -2.20. The topological polar surface area (TPSA) is 84.9 Å². The Morgan fingerprint density at radius 2 is 1.85 bits per heavy atom. The van der Waals surface area contributed by atoms with Crippen LogP contribution in [0, 0.1) is 0 Å². The molecule has 0 spiro atoms. The summed E-state index contributed by atoms with van der Waals surface area (Å²) < 4.78 is 11.0. The van der Waals surface area contributed by atoms with E-state index in [1.165, 1.54) is 19.2 Å². The molecule has 27 heavy (non-hydrogen) atoms. The second-order valence-electron chi connectivity index (χ2n) is 6.26. The maximum Gasteiger partial charge on any atom is 0.261 e. The summed E-state index contributed by atoms with van der Waals surface area (Å²) in [5.74, 6) is -0.0180.